The van der Waals surface area contributed by atoms with Crippen LogP contribution in [0.3, 0.4) is 0 Å². The number of rotatable bonds is 6. The predicted octanol–water partition coefficient (Wildman–Crippen LogP) is 5.47. The molecule has 0 radical (unpaired) electrons. The number of nitrogens with zero attached hydrogens (tertiary/aromatic N) is 7. The summed E-state index contributed by atoms with van der Waals surface area (Å²) in [5.74, 6) is -1.03. The Morgan fingerprint density at radius 3 is 2.66 bits per heavy atom. The summed E-state index contributed by atoms with van der Waals surface area (Å²) in [7, 11) is 0. The van der Waals surface area contributed by atoms with Crippen molar-refractivity contribution in [3.8, 4) is 23.3 Å². The molecule has 3 aliphatic rings. The van der Waals surface area contributed by atoms with E-state index >= 15 is 4.39 Å². The van der Waals surface area contributed by atoms with Gasteiger partial charge in [-0.25, -0.2) is 4.39 Å². The molecule has 7 rings (SSSR count). The van der Waals surface area contributed by atoms with Gasteiger partial charge in [0.1, 0.15) is 29.7 Å². The number of nitriles is 1. The van der Waals surface area contributed by atoms with Gasteiger partial charge in [-0.15, -0.1) is 0 Å². The maximum Gasteiger partial charge on any atom is 0.417 e. The number of pyridine rings is 1. The van der Waals surface area contributed by atoms with Crippen molar-refractivity contribution in [1.29, 1.82) is 5.26 Å². The van der Waals surface area contributed by atoms with Crippen molar-refractivity contribution in [1.82, 2.24) is 35.4 Å². The van der Waals surface area contributed by atoms with Gasteiger partial charge in [0.25, 0.3) is 6.08 Å². The Balaban J connectivity index is 1.42. The first kappa shape index (κ1) is 31.1. The van der Waals surface area contributed by atoms with E-state index in [0.717, 1.165) is 44.8 Å². The first-order valence-corrected chi connectivity index (χ1v) is 15.2. The Morgan fingerprint density at radius 1 is 1.19 bits per heavy atom. The quantitative estimate of drug-likeness (QED) is 0.260. The number of aromatic nitrogens is 5. The van der Waals surface area contributed by atoms with Gasteiger partial charge in [0.05, 0.1) is 22.0 Å². The van der Waals surface area contributed by atoms with E-state index in [4.69, 9.17) is 4.74 Å². The van der Waals surface area contributed by atoms with Crippen molar-refractivity contribution in [3.05, 3.63) is 47.1 Å². The zero-order chi connectivity index (χ0) is 33.1. The molecular formula is C31H29F6N9O. The number of anilines is 1. The van der Waals surface area contributed by atoms with Gasteiger partial charge in [-0.1, -0.05) is 0 Å². The van der Waals surface area contributed by atoms with E-state index in [1.165, 1.54) is 19.2 Å². The predicted molar refractivity (Wildman–Crippen MR) is 159 cm³/mol. The molecule has 0 spiro atoms. The Labute approximate surface area is 264 Å². The van der Waals surface area contributed by atoms with Gasteiger partial charge < -0.3 is 15.0 Å². The molecule has 6 heterocycles. The number of benzene rings is 1. The lowest BCUT2D eigenvalue weighted by atomic mass is 9.93. The Hall–Kier alpha value is -4.49. The maximum atomic E-state index is 16.8. The number of piperazine rings is 1. The number of H-pyrrole nitrogens is 1. The Morgan fingerprint density at radius 2 is 1.96 bits per heavy atom. The standard InChI is InChI=1S/C31H29F6N9O/c1-16-10-19-22(20(12-38)44-43-19)23(24(16)31(35,36)37)27-25(34)26-18(13-40-27)28(45-9-6-39-17(14-45)11-21(32)33)42-29(41-26)47-15-30-4-2-7-46(30)8-3-5-30/h10-11,13,17,39H,2-9,14-15H2,1H3,(H,43,44). The number of aryl methyl sites for hydroxylation is 1. The molecule has 1 unspecified atom stereocenters. The second kappa shape index (κ2) is 11.6. The zero-order valence-electron chi connectivity index (χ0n) is 25.2. The van der Waals surface area contributed by atoms with Gasteiger partial charge in [0.15, 0.2) is 11.5 Å². The van der Waals surface area contributed by atoms with E-state index in [1.807, 2.05) is 0 Å². The van der Waals surface area contributed by atoms with E-state index in [1.54, 1.807) is 11.0 Å². The molecule has 3 aliphatic heterocycles. The molecule has 3 fully saturated rings. The monoisotopic (exact) mass is 657 g/mol. The van der Waals surface area contributed by atoms with Crippen LogP contribution in [0.4, 0.5) is 32.2 Å². The fourth-order valence-electron chi connectivity index (χ4n) is 7.40. The first-order chi connectivity index (χ1) is 22.5. The second-order valence-corrected chi connectivity index (χ2v) is 12.2. The van der Waals surface area contributed by atoms with Crippen LogP contribution >= 0.6 is 0 Å². The molecule has 47 heavy (non-hydrogen) atoms. The highest BCUT2D eigenvalue weighted by molar-refractivity contribution is 6.02. The van der Waals surface area contributed by atoms with Crippen molar-refractivity contribution < 1.29 is 31.1 Å². The average molecular weight is 658 g/mol. The number of alkyl halides is 3. The zero-order valence-corrected chi connectivity index (χ0v) is 25.2. The lowest BCUT2D eigenvalue weighted by molar-refractivity contribution is -0.137. The van der Waals surface area contributed by atoms with Gasteiger partial charge in [0.2, 0.25) is 0 Å². The highest BCUT2D eigenvalue weighted by atomic mass is 19.4. The van der Waals surface area contributed by atoms with Crippen LogP contribution in [0, 0.1) is 24.1 Å². The van der Waals surface area contributed by atoms with Gasteiger partial charge in [-0.2, -0.15) is 42.3 Å². The number of aromatic amines is 1. The van der Waals surface area contributed by atoms with Crippen molar-refractivity contribution in [2.24, 2.45) is 0 Å². The normalized spacial score (nSPS) is 19.7. The summed E-state index contributed by atoms with van der Waals surface area (Å²) >= 11 is 0. The third kappa shape index (κ3) is 5.40. The number of nitrogens with one attached hydrogen (secondary N) is 2. The number of hydrogen-bond acceptors (Lipinski definition) is 9. The van der Waals surface area contributed by atoms with Crippen molar-refractivity contribution in [2.45, 2.75) is 50.4 Å². The minimum Gasteiger partial charge on any atom is -0.461 e. The molecule has 0 saturated carbocycles. The smallest absolute Gasteiger partial charge is 0.417 e. The molecule has 0 aliphatic carbocycles. The van der Waals surface area contributed by atoms with Crippen LogP contribution < -0.4 is 15.0 Å². The molecule has 0 amide bonds. The van der Waals surface area contributed by atoms with Gasteiger partial charge >= 0.3 is 12.2 Å². The molecule has 3 aromatic heterocycles. The van der Waals surface area contributed by atoms with E-state index in [0.29, 0.717) is 13.1 Å². The largest absolute Gasteiger partial charge is 0.461 e. The summed E-state index contributed by atoms with van der Waals surface area (Å²) < 4.78 is 93.0. The minimum atomic E-state index is -4.94. The molecule has 1 aromatic carbocycles. The molecule has 246 valence electrons. The van der Waals surface area contributed by atoms with E-state index in [9.17, 15) is 27.2 Å². The van der Waals surface area contributed by atoms with E-state index < -0.39 is 40.9 Å². The van der Waals surface area contributed by atoms with Crippen LogP contribution in [-0.4, -0.2) is 81.0 Å². The van der Waals surface area contributed by atoms with Crippen LogP contribution in [0.2, 0.25) is 0 Å². The topological polar surface area (TPSA) is 119 Å². The van der Waals surface area contributed by atoms with Crippen molar-refractivity contribution in [3.63, 3.8) is 0 Å². The summed E-state index contributed by atoms with van der Waals surface area (Å²) in [5, 5.41) is 18.9. The Bertz CT molecular complexity index is 1940. The van der Waals surface area contributed by atoms with Crippen LogP contribution in [0.1, 0.15) is 42.5 Å². The molecule has 0 bridgehead atoms. The molecule has 2 N–H and O–H groups in total. The highest BCUT2D eigenvalue weighted by Gasteiger charge is 2.45. The fraction of sp³-hybridized carbons (Fsp3) is 0.452. The summed E-state index contributed by atoms with van der Waals surface area (Å²) in [6.45, 7) is 3.98. The molecule has 4 aromatic rings. The summed E-state index contributed by atoms with van der Waals surface area (Å²) in [5.41, 5.74) is -3.52. The number of halogens is 6. The minimum absolute atomic E-state index is 0.0429. The molecule has 1 atom stereocenters. The van der Waals surface area contributed by atoms with E-state index in [-0.39, 0.29) is 63.6 Å². The van der Waals surface area contributed by atoms with E-state index in [2.05, 4.69) is 35.4 Å². The molecular weight excluding hydrogens is 628 g/mol. The van der Waals surface area contributed by atoms with Crippen LogP contribution in [0.15, 0.2) is 24.4 Å². The van der Waals surface area contributed by atoms with Gasteiger partial charge in [-0.05, 0) is 63.4 Å². The first-order valence-electron chi connectivity index (χ1n) is 15.2. The van der Waals surface area contributed by atoms with Crippen LogP contribution in [0.25, 0.3) is 33.1 Å². The maximum absolute atomic E-state index is 16.8. The molecule has 16 heteroatoms. The number of fused-ring (bicyclic) bond motifs is 3. The number of hydrogen-bond donors (Lipinski definition) is 2. The third-order valence-corrected chi connectivity index (χ3v) is 9.43. The lowest BCUT2D eigenvalue weighted by Gasteiger charge is -2.34. The fourth-order valence-corrected chi connectivity index (χ4v) is 7.40. The highest BCUT2D eigenvalue weighted by Crippen LogP contribution is 2.45. The van der Waals surface area contributed by atoms with Crippen molar-refractivity contribution in [2.75, 3.05) is 44.2 Å². The summed E-state index contributed by atoms with van der Waals surface area (Å²) in [6, 6.07) is 2.04. The van der Waals surface area contributed by atoms with Crippen LogP contribution in [-0.2, 0) is 6.18 Å². The van der Waals surface area contributed by atoms with Crippen LogP contribution in [0.5, 0.6) is 6.01 Å². The molecule has 10 nitrogen and oxygen atoms in total. The lowest BCUT2D eigenvalue weighted by Crippen LogP contribution is -2.50. The van der Waals surface area contributed by atoms with Gasteiger partial charge in [0, 0.05) is 42.8 Å². The third-order valence-electron chi connectivity index (χ3n) is 9.43. The van der Waals surface area contributed by atoms with Crippen molar-refractivity contribution >= 4 is 27.6 Å². The summed E-state index contributed by atoms with van der Waals surface area (Å²) in [6.07, 6.45) is -1.03. The Kier molecular flexibility index (Phi) is 7.71. The number of ether oxygens (including phenoxy) is 1. The summed E-state index contributed by atoms with van der Waals surface area (Å²) in [4.78, 5) is 17.2. The van der Waals surface area contributed by atoms with Gasteiger partial charge in [-0.3, -0.25) is 15.0 Å². The average Bonchev–Trinajstić information content (AvgIpc) is 3.73. The molecule has 3 saturated heterocycles. The second-order valence-electron chi connectivity index (χ2n) is 12.2. The SMILES string of the molecule is Cc1cc2[nH]nc(C#N)c2c(-c2ncc3c(N4CCNC(C=C(F)F)C4)nc(OCC45CCCN4CCC5)nc3c2F)c1C(F)(F)F.